The second-order valence-electron chi connectivity index (χ2n) is 6.57. The number of ether oxygens (including phenoxy) is 2. The van der Waals surface area contributed by atoms with Crippen molar-refractivity contribution < 1.29 is 9.47 Å². The van der Waals surface area contributed by atoms with Crippen molar-refractivity contribution in [2.75, 3.05) is 44.3 Å². The molecule has 152 valence electrons. The molecule has 2 N–H and O–H groups in total. The summed E-state index contributed by atoms with van der Waals surface area (Å²) < 4.78 is 11.2. The van der Waals surface area contributed by atoms with Gasteiger partial charge in [-0.1, -0.05) is 0 Å². The third-order valence-corrected chi connectivity index (χ3v) is 5.52. The molecule has 0 amide bonds. The number of rotatable bonds is 5. The second-order valence-corrected chi connectivity index (χ2v) is 7.44. The summed E-state index contributed by atoms with van der Waals surface area (Å²) in [6.07, 6.45) is 4.59. The molecule has 2 aromatic heterocycles. The van der Waals surface area contributed by atoms with Crippen LogP contribution >= 0.6 is 35.3 Å². The van der Waals surface area contributed by atoms with E-state index in [0.29, 0.717) is 25.0 Å². The molecule has 4 heterocycles. The third-order valence-electron chi connectivity index (χ3n) is 4.69. The molecule has 2 aliphatic heterocycles. The van der Waals surface area contributed by atoms with Gasteiger partial charge in [-0.3, -0.25) is 0 Å². The van der Waals surface area contributed by atoms with Crippen LogP contribution in [-0.2, 0) is 11.3 Å². The second kappa shape index (κ2) is 10.2. The topological polar surface area (TPSA) is 89.1 Å². The maximum atomic E-state index is 6.21. The van der Waals surface area contributed by atoms with Crippen LogP contribution in [0, 0.1) is 0 Å². The number of aliphatic imine (C=N–C) groups is 1. The zero-order valence-electron chi connectivity index (χ0n) is 15.6. The molecular weight excluding hydrogens is 491 g/mol. The van der Waals surface area contributed by atoms with Gasteiger partial charge in [0.05, 0.1) is 19.8 Å². The van der Waals surface area contributed by atoms with Crippen molar-refractivity contribution in [1.82, 2.24) is 14.9 Å². The zero-order valence-corrected chi connectivity index (χ0v) is 18.7. The van der Waals surface area contributed by atoms with Crippen molar-refractivity contribution in [2.45, 2.75) is 19.1 Å². The fourth-order valence-electron chi connectivity index (χ4n) is 3.16. The average Bonchev–Trinajstić information content (AvgIpc) is 3.41. The monoisotopic (exact) mass is 516 g/mol. The van der Waals surface area contributed by atoms with Gasteiger partial charge in [-0.05, 0) is 11.6 Å². The Hall–Kier alpha value is -1.66. The van der Waals surface area contributed by atoms with Gasteiger partial charge in [0.15, 0.2) is 11.1 Å². The van der Waals surface area contributed by atoms with Crippen molar-refractivity contribution in [3.8, 4) is 5.88 Å². The van der Waals surface area contributed by atoms with E-state index in [1.807, 2.05) is 23.7 Å². The molecule has 0 bridgehead atoms. The first-order valence-corrected chi connectivity index (χ1v) is 10.0. The van der Waals surface area contributed by atoms with Crippen LogP contribution in [0.25, 0.3) is 0 Å². The molecule has 10 heteroatoms. The minimum atomic E-state index is 0. The molecule has 28 heavy (non-hydrogen) atoms. The van der Waals surface area contributed by atoms with Gasteiger partial charge in [0, 0.05) is 56.4 Å². The van der Waals surface area contributed by atoms with Gasteiger partial charge in [-0.2, -0.15) is 0 Å². The molecule has 8 nitrogen and oxygen atoms in total. The maximum absolute atomic E-state index is 6.21. The molecule has 1 unspecified atom stereocenters. The maximum Gasteiger partial charge on any atom is 0.213 e. The van der Waals surface area contributed by atoms with Crippen molar-refractivity contribution in [2.24, 2.45) is 10.7 Å². The fourth-order valence-corrected chi connectivity index (χ4v) is 3.86. The minimum absolute atomic E-state index is 0. The Morgan fingerprint density at radius 2 is 2.14 bits per heavy atom. The van der Waals surface area contributed by atoms with Crippen LogP contribution < -0.4 is 15.4 Å². The van der Waals surface area contributed by atoms with Crippen LogP contribution in [0.4, 0.5) is 5.13 Å². The average molecular weight is 516 g/mol. The van der Waals surface area contributed by atoms with Crippen molar-refractivity contribution in [1.29, 1.82) is 0 Å². The minimum Gasteiger partial charge on any atom is -0.472 e. The summed E-state index contributed by atoms with van der Waals surface area (Å²) in [5.41, 5.74) is 7.24. The Morgan fingerprint density at radius 3 is 2.86 bits per heavy atom. The number of halogens is 1. The summed E-state index contributed by atoms with van der Waals surface area (Å²) in [5.74, 6) is 1.20. The highest BCUT2D eigenvalue weighted by Gasteiger charge is 2.20. The lowest BCUT2D eigenvalue weighted by molar-refractivity contribution is 0.138. The molecule has 2 fully saturated rings. The first kappa shape index (κ1) is 21.1. The molecule has 0 radical (unpaired) electrons. The number of hydrogen-bond donors (Lipinski definition) is 1. The highest BCUT2D eigenvalue weighted by Crippen LogP contribution is 2.19. The number of nitrogens with zero attached hydrogens (tertiary/aromatic N) is 5. The zero-order chi connectivity index (χ0) is 18.5. The predicted octanol–water partition coefficient (Wildman–Crippen LogP) is 1.96. The molecule has 1 atom stereocenters. The number of guanidine groups is 1. The van der Waals surface area contributed by atoms with Crippen molar-refractivity contribution in [3.05, 3.63) is 35.5 Å². The lowest BCUT2D eigenvalue weighted by atomic mass is 10.2. The van der Waals surface area contributed by atoms with Crippen LogP contribution in [0.2, 0.25) is 0 Å². The number of aromatic nitrogens is 2. The van der Waals surface area contributed by atoms with E-state index in [1.54, 1.807) is 17.5 Å². The van der Waals surface area contributed by atoms with Gasteiger partial charge in [-0.25, -0.2) is 15.0 Å². The van der Waals surface area contributed by atoms with E-state index in [1.165, 1.54) is 0 Å². The van der Waals surface area contributed by atoms with Gasteiger partial charge in [0.2, 0.25) is 5.88 Å². The van der Waals surface area contributed by atoms with E-state index in [-0.39, 0.29) is 30.1 Å². The lowest BCUT2D eigenvalue weighted by Crippen LogP contribution is -2.51. The van der Waals surface area contributed by atoms with E-state index in [2.05, 4.69) is 24.8 Å². The number of thiazole rings is 1. The Kier molecular flexibility index (Phi) is 7.68. The van der Waals surface area contributed by atoms with E-state index in [9.17, 15) is 0 Å². The van der Waals surface area contributed by atoms with Crippen LogP contribution in [0.1, 0.15) is 12.0 Å². The molecule has 0 aliphatic carbocycles. The molecule has 2 saturated heterocycles. The summed E-state index contributed by atoms with van der Waals surface area (Å²) in [6, 6.07) is 3.87. The van der Waals surface area contributed by atoms with E-state index in [4.69, 9.17) is 15.2 Å². The Labute approximate surface area is 185 Å². The molecule has 0 saturated carbocycles. The molecule has 4 rings (SSSR count). The van der Waals surface area contributed by atoms with E-state index < -0.39 is 0 Å². The van der Waals surface area contributed by atoms with Crippen LogP contribution in [0.5, 0.6) is 5.88 Å². The number of piperazine rings is 1. The highest BCUT2D eigenvalue weighted by molar-refractivity contribution is 14.0. The molecular formula is C18H25IN6O2S. The SMILES string of the molecule is I.NC(=NCc1ccnc(OC2CCOC2)c1)N1CCN(c2nccs2)CC1. The van der Waals surface area contributed by atoms with E-state index in [0.717, 1.165) is 49.9 Å². The van der Waals surface area contributed by atoms with Crippen LogP contribution in [0.15, 0.2) is 34.9 Å². The Bertz CT molecular complexity index is 761. The quantitative estimate of drug-likeness (QED) is 0.369. The fraction of sp³-hybridized carbons (Fsp3) is 0.500. The standard InChI is InChI=1S/C18H24N6O2S.HI/c19-17(23-5-7-24(8-6-23)18-21-4-10-27-18)22-12-14-1-3-20-16(11-14)26-15-2-9-25-13-15;/h1,3-4,10-11,15H,2,5-9,12-13H2,(H2,19,22);1H. The van der Waals surface area contributed by atoms with Gasteiger partial charge in [-0.15, -0.1) is 35.3 Å². The van der Waals surface area contributed by atoms with Crippen molar-refractivity contribution in [3.63, 3.8) is 0 Å². The van der Waals surface area contributed by atoms with Gasteiger partial charge < -0.3 is 25.0 Å². The van der Waals surface area contributed by atoms with Crippen LogP contribution in [0.3, 0.4) is 0 Å². The number of pyridine rings is 1. The van der Waals surface area contributed by atoms with Gasteiger partial charge in [0.1, 0.15) is 6.10 Å². The summed E-state index contributed by atoms with van der Waals surface area (Å²) in [7, 11) is 0. The number of anilines is 1. The summed E-state index contributed by atoms with van der Waals surface area (Å²) in [5, 5.41) is 3.08. The summed E-state index contributed by atoms with van der Waals surface area (Å²) in [6.45, 7) is 5.40. The normalized spacial score (nSPS) is 20.1. The molecule has 0 aromatic carbocycles. The van der Waals surface area contributed by atoms with Gasteiger partial charge >= 0.3 is 0 Å². The molecule has 2 aliphatic rings. The number of hydrogen-bond acceptors (Lipinski definition) is 7. The summed E-state index contributed by atoms with van der Waals surface area (Å²) >= 11 is 1.67. The third kappa shape index (κ3) is 5.45. The lowest BCUT2D eigenvalue weighted by Gasteiger charge is -2.35. The Morgan fingerprint density at radius 1 is 1.29 bits per heavy atom. The first-order chi connectivity index (χ1) is 13.3. The largest absolute Gasteiger partial charge is 0.472 e. The predicted molar refractivity (Wildman–Crippen MR) is 121 cm³/mol. The van der Waals surface area contributed by atoms with Gasteiger partial charge in [0.25, 0.3) is 0 Å². The first-order valence-electron chi connectivity index (χ1n) is 9.16. The van der Waals surface area contributed by atoms with E-state index >= 15 is 0 Å². The van der Waals surface area contributed by atoms with Crippen LogP contribution in [-0.4, -0.2) is 66.3 Å². The Balaban J connectivity index is 0.00000225. The van der Waals surface area contributed by atoms with Crippen molar-refractivity contribution >= 4 is 46.4 Å². The summed E-state index contributed by atoms with van der Waals surface area (Å²) in [4.78, 5) is 17.6. The highest BCUT2D eigenvalue weighted by atomic mass is 127. The molecule has 0 spiro atoms. The smallest absolute Gasteiger partial charge is 0.213 e. The number of nitrogens with two attached hydrogens (primary N) is 1. The molecule has 2 aromatic rings.